The summed E-state index contributed by atoms with van der Waals surface area (Å²) >= 11 is 1.43. The number of anilines is 1. The molecule has 2 aromatic carbocycles. The van der Waals surface area contributed by atoms with E-state index < -0.39 is 17.8 Å². The number of alkyl carbamates (subject to hydrolysis) is 1. The summed E-state index contributed by atoms with van der Waals surface area (Å²) in [6.45, 7) is 4.45. The van der Waals surface area contributed by atoms with Gasteiger partial charge in [0.15, 0.2) is 0 Å². The zero-order valence-corrected chi connectivity index (χ0v) is 19.5. The van der Waals surface area contributed by atoms with Crippen LogP contribution in [0, 0.1) is 6.92 Å². The van der Waals surface area contributed by atoms with Crippen LogP contribution in [0.5, 0.6) is 0 Å². The van der Waals surface area contributed by atoms with Gasteiger partial charge < -0.3 is 19.4 Å². The van der Waals surface area contributed by atoms with Crippen molar-refractivity contribution in [2.24, 2.45) is 0 Å². The van der Waals surface area contributed by atoms with Crippen LogP contribution in [0.25, 0.3) is 10.2 Å². The molecule has 7 nitrogen and oxygen atoms in total. The summed E-state index contributed by atoms with van der Waals surface area (Å²) in [6, 6.07) is 18.9. The molecule has 1 atom stereocenters. The topological polar surface area (TPSA) is 84.7 Å². The molecule has 8 heteroatoms. The number of ether oxygens (including phenoxy) is 1. The van der Waals surface area contributed by atoms with Crippen LogP contribution in [0.15, 0.2) is 69.9 Å². The number of fused-ring (bicyclic) bond motifs is 1. The predicted octanol–water partition coefficient (Wildman–Crippen LogP) is 5.18. The molecule has 0 aliphatic carbocycles. The molecule has 0 unspecified atom stereocenters. The highest BCUT2D eigenvalue weighted by atomic mass is 32.1. The number of thiophene rings is 1. The zero-order valence-electron chi connectivity index (χ0n) is 18.7. The van der Waals surface area contributed by atoms with E-state index in [2.05, 4.69) is 27.3 Å². The molecule has 0 fully saturated rings. The van der Waals surface area contributed by atoms with E-state index in [1.165, 1.54) is 16.9 Å². The minimum Gasteiger partial charge on any atom is -0.445 e. The number of carbonyl (C=O) groups excluding carboxylic acids is 1. The number of hydrogen-bond acceptors (Lipinski definition) is 7. The maximum atomic E-state index is 12.8. The molecule has 4 aromatic rings. The van der Waals surface area contributed by atoms with Crippen LogP contribution in [0.3, 0.4) is 0 Å². The van der Waals surface area contributed by atoms with Crippen LogP contribution in [0.1, 0.15) is 35.5 Å². The smallest absolute Gasteiger partial charge is 0.408 e. The molecular formula is C25H25N3O4S. The molecular weight excluding hydrogens is 438 g/mol. The lowest BCUT2D eigenvalue weighted by Crippen LogP contribution is -2.28. The van der Waals surface area contributed by atoms with Gasteiger partial charge in [-0.25, -0.2) is 14.6 Å². The molecule has 1 N–H and O–H groups in total. The van der Waals surface area contributed by atoms with Gasteiger partial charge in [0.2, 0.25) is 5.89 Å². The van der Waals surface area contributed by atoms with Gasteiger partial charge >= 0.3 is 11.7 Å². The third-order valence-corrected chi connectivity index (χ3v) is 6.54. The average molecular weight is 464 g/mol. The number of amides is 1. The standard InChI is InChI=1S/C25H25N3O4S/c1-16-20-22(33-23(16)28(3)14-18-10-6-4-7-11-18)27-21(32-24(20)29)17(2)26-25(30)31-15-19-12-8-5-9-13-19/h4-13,17H,14-15H2,1-3H3,(H,26,30)/t17-/m0/s1. The van der Waals surface area contributed by atoms with Gasteiger partial charge in [-0.1, -0.05) is 72.0 Å². The molecule has 0 aliphatic rings. The molecule has 2 aromatic heterocycles. The number of hydrogen-bond donors (Lipinski definition) is 1. The third kappa shape index (κ3) is 5.23. The first-order chi connectivity index (χ1) is 15.9. The fraction of sp³-hybridized carbons (Fsp3) is 0.240. The first kappa shape index (κ1) is 22.5. The van der Waals surface area contributed by atoms with Gasteiger partial charge in [0.25, 0.3) is 0 Å². The summed E-state index contributed by atoms with van der Waals surface area (Å²) in [5, 5.41) is 4.10. The van der Waals surface area contributed by atoms with Gasteiger partial charge in [-0.3, -0.25) is 0 Å². The Kier molecular flexibility index (Phi) is 6.74. The van der Waals surface area contributed by atoms with Crippen molar-refractivity contribution >= 4 is 32.6 Å². The summed E-state index contributed by atoms with van der Waals surface area (Å²) in [4.78, 5) is 32.2. The number of nitrogens with one attached hydrogen (secondary N) is 1. The summed E-state index contributed by atoms with van der Waals surface area (Å²) in [5.41, 5.74) is 2.43. The van der Waals surface area contributed by atoms with E-state index in [9.17, 15) is 9.59 Å². The number of carbonyl (C=O) groups is 1. The highest BCUT2D eigenvalue weighted by molar-refractivity contribution is 7.22. The van der Waals surface area contributed by atoms with Gasteiger partial charge in [-0.15, -0.1) is 0 Å². The lowest BCUT2D eigenvalue weighted by atomic mass is 10.2. The van der Waals surface area contributed by atoms with E-state index in [0.717, 1.165) is 16.1 Å². The Morgan fingerprint density at radius 3 is 2.42 bits per heavy atom. The van der Waals surface area contributed by atoms with Gasteiger partial charge in [-0.05, 0) is 25.0 Å². The fourth-order valence-corrected chi connectivity index (χ4v) is 4.69. The fourth-order valence-electron chi connectivity index (χ4n) is 3.56. The van der Waals surface area contributed by atoms with Gasteiger partial charge in [0.05, 0.1) is 5.00 Å². The molecule has 0 spiro atoms. The summed E-state index contributed by atoms with van der Waals surface area (Å²) in [5.74, 6) is 0.141. The number of aryl methyl sites for hydroxylation is 1. The van der Waals surface area contributed by atoms with E-state index >= 15 is 0 Å². The Hall–Kier alpha value is -3.65. The lowest BCUT2D eigenvalue weighted by Gasteiger charge is -2.18. The predicted molar refractivity (Wildman–Crippen MR) is 130 cm³/mol. The molecule has 2 heterocycles. The third-order valence-electron chi connectivity index (χ3n) is 5.24. The minimum atomic E-state index is -0.627. The second-order valence-electron chi connectivity index (χ2n) is 7.82. The molecule has 0 saturated heterocycles. The van der Waals surface area contributed by atoms with Crippen LogP contribution in [0.4, 0.5) is 9.80 Å². The van der Waals surface area contributed by atoms with E-state index in [1.54, 1.807) is 6.92 Å². The lowest BCUT2D eigenvalue weighted by molar-refractivity contribution is 0.134. The monoisotopic (exact) mass is 463 g/mol. The zero-order chi connectivity index (χ0) is 23.4. The average Bonchev–Trinajstić information content (AvgIpc) is 3.16. The van der Waals surface area contributed by atoms with E-state index in [4.69, 9.17) is 9.15 Å². The van der Waals surface area contributed by atoms with E-state index in [1.807, 2.05) is 62.5 Å². The minimum absolute atomic E-state index is 0.141. The molecule has 1 amide bonds. The van der Waals surface area contributed by atoms with Crippen molar-refractivity contribution in [1.29, 1.82) is 0 Å². The van der Waals surface area contributed by atoms with Gasteiger partial charge in [0, 0.05) is 19.2 Å². The van der Waals surface area contributed by atoms with Crippen LogP contribution >= 0.6 is 11.3 Å². The van der Waals surface area contributed by atoms with Crippen molar-refractivity contribution in [1.82, 2.24) is 10.3 Å². The number of rotatable bonds is 7. The number of aromatic nitrogens is 1. The quantitative estimate of drug-likeness (QED) is 0.406. The number of benzene rings is 2. The highest BCUT2D eigenvalue weighted by Gasteiger charge is 2.21. The molecule has 0 radical (unpaired) electrons. The molecule has 0 aliphatic heterocycles. The molecule has 4 rings (SSSR count). The number of nitrogens with zero attached hydrogens (tertiary/aromatic N) is 2. The van der Waals surface area contributed by atoms with Crippen LogP contribution in [0.2, 0.25) is 0 Å². The van der Waals surface area contributed by atoms with Crippen molar-refractivity contribution < 1.29 is 13.9 Å². The Morgan fingerprint density at radius 1 is 1.12 bits per heavy atom. The normalized spacial score (nSPS) is 11.8. The summed E-state index contributed by atoms with van der Waals surface area (Å²) in [7, 11) is 1.99. The Bertz CT molecular complexity index is 1300. The van der Waals surface area contributed by atoms with Crippen LogP contribution in [-0.4, -0.2) is 18.1 Å². The van der Waals surface area contributed by atoms with Crippen LogP contribution < -0.4 is 15.8 Å². The largest absolute Gasteiger partial charge is 0.445 e. The van der Waals surface area contributed by atoms with Crippen molar-refractivity contribution in [3.63, 3.8) is 0 Å². The summed E-state index contributed by atoms with van der Waals surface area (Å²) < 4.78 is 10.7. The molecule has 0 bridgehead atoms. The maximum Gasteiger partial charge on any atom is 0.408 e. The maximum absolute atomic E-state index is 12.8. The van der Waals surface area contributed by atoms with Crippen LogP contribution in [-0.2, 0) is 17.9 Å². The molecule has 0 saturated carbocycles. The van der Waals surface area contributed by atoms with Crippen molar-refractivity contribution in [2.75, 3.05) is 11.9 Å². The molecule has 33 heavy (non-hydrogen) atoms. The Labute approximate surface area is 195 Å². The Balaban J connectivity index is 1.49. The van der Waals surface area contributed by atoms with Gasteiger partial charge in [-0.2, -0.15) is 0 Å². The highest BCUT2D eigenvalue weighted by Crippen LogP contribution is 2.35. The first-order valence-electron chi connectivity index (χ1n) is 10.6. The molecule has 170 valence electrons. The van der Waals surface area contributed by atoms with E-state index in [0.29, 0.717) is 16.8 Å². The van der Waals surface area contributed by atoms with Crippen molar-refractivity contribution in [3.05, 3.63) is 93.7 Å². The second kappa shape index (κ2) is 9.87. The SMILES string of the molecule is Cc1c(N(C)Cc2ccccc2)sc2nc([C@H](C)NC(=O)OCc3ccccc3)oc(=O)c12. The Morgan fingerprint density at radius 2 is 1.76 bits per heavy atom. The van der Waals surface area contributed by atoms with Crippen molar-refractivity contribution in [2.45, 2.75) is 33.0 Å². The van der Waals surface area contributed by atoms with E-state index in [-0.39, 0.29) is 12.5 Å². The van der Waals surface area contributed by atoms with Gasteiger partial charge in [0.1, 0.15) is 22.9 Å². The second-order valence-corrected chi connectivity index (χ2v) is 8.80. The first-order valence-corrected chi connectivity index (χ1v) is 11.4. The van der Waals surface area contributed by atoms with Crippen molar-refractivity contribution in [3.8, 4) is 0 Å². The summed E-state index contributed by atoms with van der Waals surface area (Å²) in [6.07, 6.45) is -0.610.